The molecule has 4 nitrogen and oxygen atoms in total. The van der Waals surface area contributed by atoms with Crippen LogP contribution in [0.3, 0.4) is 0 Å². The largest absolute Gasteiger partial charge is 0.479 e. The van der Waals surface area contributed by atoms with Gasteiger partial charge in [0.1, 0.15) is 11.9 Å². The quantitative estimate of drug-likeness (QED) is 0.904. The second-order valence-corrected chi connectivity index (χ2v) is 5.41. The van der Waals surface area contributed by atoms with Gasteiger partial charge in [-0.05, 0) is 18.9 Å². The minimum atomic E-state index is -1.15. The fraction of sp³-hybridized carbons (Fsp3) is 0.533. The lowest BCUT2D eigenvalue weighted by Gasteiger charge is -2.31. The van der Waals surface area contributed by atoms with Gasteiger partial charge in [0.2, 0.25) is 0 Å². The van der Waals surface area contributed by atoms with Crippen LogP contribution in [0, 0.1) is 5.82 Å². The van der Waals surface area contributed by atoms with Crippen LogP contribution in [0.5, 0.6) is 0 Å². The lowest BCUT2D eigenvalue weighted by atomic mass is 9.94. The lowest BCUT2D eigenvalue weighted by molar-refractivity contribution is -0.199. The molecular formula is C15H17FO4. The zero-order valence-corrected chi connectivity index (χ0v) is 11.0. The third kappa shape index (κ3) is 2.31. The normalized spacial score (nSPS) is 28.6. The minimum absolute atomic E-state index is 0.252. The summed E-state index contributed by atoms with van der Waals surface area (Å²) in [6.45, 7) is 0. The summed E-state index contributed by atoms with van der Waals surface area (Å²) in [6.07, 6.45) is 2.28. The molecule has 3 rings (SSSR count). The summed E-state index contributed by atoms with van der Waals surface area (Å²) in [5.74, 6) is -2.42. The van der Waals surface area contributed by atoms with Crippen molar-refractivity contribution in [3.05, 3.63) is 35.6 Å². The van der Waals surface area contributed by atoms with Crippen molar-refractivity contribution in [2.24, 2.45) is 0 Å². The van der Waals surface area contributed by atoms with Crippen LogP contribution in [-0.4, -0.2) is 23.0 Å². The average molecular weight is 280 g/mol. The molecule has 20 heavy (non-hydrogen) atoms. The maximum atomic E-state index is 13.9. The summed E-state index contributed by atoms with van der Waals surface area (Å²) in [4.78, 5) is 11.4. The predicted molar refractivity (Wildman–Crippen MR) is 68.6 cm³/mol. The summed E-state index contributed by atoms with van der Waals surface area (Å²) >= 11 is 0. The number of aliphatic carboxylic acids is 1. The molecule has 2 atom stereocenters. The molecule has 1 saturated carbocycles. The molecule has 1 aliphatic carbocycles. The molecule has 2 unspecified atom stereocenters. The fourth-order valence-corrected chi connectivity index (χ4v) is 3.05. The zero-order valence-electron chi connectivity index (χ0n) is 11.0. The molecule has 0 radical (unpaired) electrons. The van der Waals surface area contributed by atoms with Crippen molar-refractivity contribution in [2.75, 3.05) is 0 Å². The van der Waals surface area contributed by atoms with E-state index in [4.69, 9.17) is 9.47 Å². The van der Waals surface area contributed by atoms with Crippen molar-refractivity contribution in [1.82, 2.24) is 0 Å². The SMILES string of the molecule is O=C(O)C1OC2(CCCCC2)OC1c1ccccc1F. The summed E-state index contributed by atoms with van der Waals surface area (Å²) in [5, 5.41) is 9.32. The maximum Gasteiger partial charge on any atom is 0.336 e. The first-order valence-corrected chi connectivity index (χ1v) is 6.94. The number of benzene rings is 1. The van der Waals surface area contributed by atoms with E-state index in [1.165, 1.54) is 6.07 Å². The molecule has 1 heterocycles. The van der Waals surface area contributed by atoms with E-state index in [0.29, 0.717) is 12.8 Å². The van der Waals surface area contributed by atoms with Gasteiger partial charge >= 0.3 is 5.97 Å². The first kappa shape index (κ1) is 13.5. The highest BCUT2D eigenvalue weighted by Gasteiger charge is 2.51. The second-order valence-electron chi connectivity index (χ2n) is 5.41. The number of hydrogen-bond donors (Lipinski definition) is 1. The van der Waals surface area contributed by atoms with Crippen molar-refractivity contribution >= 4 is 5.97 Å². The highest BCUT2D eigenvalue weighted by atomic mass is 19.1. The monoisotopic (exact) mass is 280 g/mol. The van der Waals surface area contributed by atoms with Crippen LogP contribution >= 0.6 is 0 Å². The van der Waals surface area contributed by atoms with E-state index in [1.807, 2.05) is 0 Å². The number of hydrogen-bond acceptors (Lipinski definition) is 3. The van der Waals surface area contributed by atoms with E-state index < -0.39 is 29.8 Å². The standard InChI is InChI=1S/C15H17FO4/c16-11-7-3-2-6-10(11)12-13(14(17)18)20-15(19-12)8-4-1-5-9-15/h2-3,6-7,12-13H,1,4-5,8-9H2,(H,17,18). The van der Waals surface area contributed by atoms with Gasteiger partial charge < -0.3 is 14.6 Å². The maximum absolute atomic E-state index is 13.9. The lowest BCUT2D eigenvalue weighted by Crippen LogP contribution is -2.34. The van der Waals surface area contributed by atoms with E-state index >= 15 is 0 Å². The Hall–Kier alpha value is -1.46. The van der Waals surface area contributed by atoms with Crippen molar-refractivity contribution in [1.29, 1.82) is 0 Å². The number of carboxylic acids is 1. The number of carboxylic acid groups (broad SMARTS) is 1. The van der Waals surface area contributed by atoms with E-state index in [9.17, 15) is 14.3 Å². The third-order valence-corrected chi connectivity index (χ3v) is 4.03. The Labute approximate surface area is 116 Å². The molecule has 1 aromatic carbocycles. The van der Waals surface area contributed by atoms with Crippen molar-refractivity contribution in [2.45, 2.75) is 50.1 Å². The van der Waals surface area contributed by atoms with Crippen LogP contribution < -0.4 is 0 Å². The Morgan fingerprint density at radius 1 is 1.20 bits per heavy atom. The van der Waals surface area contributed by atoms with Gasteiger partial charge in [-0.25, -0.2) is 9.18 Å². The Morgan fingerprint density at radius 3 is 2.55 bits per heavy atom. The summed E-state index contributed by atoms with van der Waals surface area (Å²) in [7, 11) is 0. The van der Waals surface area contributed by atoms with Crippen LogP contribution in [-0.2, 0) is 14.3 Å². The van der Waals surface area contributed by atoms with Crippen molar-refractivity contribution in [3.63, 3.8) is 0 Å². The number of carbonyl (C=O) groups is 1. The van der Waals surface area contributed by atoms with Gasteiger partial charge in [-0.1, -0.05) is 24.6 Å². The number of ether oxygens (including phenoxy) is 2. The van der Waals surface area contributed by atoms with Gasteiger partial charge in [0.25, 0.3) is 0 Å². The van der Waals surface area contributed by atoms with Crippen LogP contribution in [0.1, 0.15) is 43.8 Å². The molecular weight excluding hydrogens is 263 g/mol. The fourth-order valence-electron chi connectivity index (χ4n) is 3.05. The molecule has 2 aliphatic rings. The number of rotatable bonds is 2. The Balaban J connectivity index is 1.92. The van der Waals surface area contributed by atoms with E-state index in [2.05, 4.69) is 0 Å². The zero-order chi connectivity index (χ0) is 14.2. The predicted octanol–water partition coefficient (Wildman–Crippen LogP) is 3.03. The summed E-state index contributed by atoms with van der Waals surface area (Å²) < 4.78 is 25.5. The first-order valence-electron chi connectivity index (χ1n) is 6.94. The molecule has 1 aliphatic heterocycles. The smallest absolute Gasteiger partial charge is 0.336 e. The Kier molecular flexibility index (Phi) is 3.48. The molecule has 1 spiro atoms. The highest BCUT2D eigenvalue weighted by molar-refractivity contribution is 5.74. The van der Waals surface area contributed by atoms with Crippen LogP contribution in [0.25, 0.3) is 0 Å². The van der Waals surface area contributed by atoms with Gasteiger partial charge in [0, 0.05) is 18.4 Å². The molecule has 0 amide bonds. The number of halogens is 1. The molecule has 5 heteroatoms. The topological polar surface area (TPSA) is 55.8 Å². The van der Waals surface area contributed by atoms with Crippen LogP contribution in [0.4, 0.5) is 4.39 Å². The van der Waals surface area contributed by atoms with E-state index in [0.717, 1.165) is 19.3 Å². The summed E-state index contributed by atoms with van der Waals surface area (Å²) in [5.41, 5.74) is 0.252. The molecule has 108 valence electrons. The highest BCUT2D eigenvalue weighted by Crippen LogP contribution is 2.46. The minimum Gasteiger partial charge on any atom is -0.479 e. The second kappa shape index (κ2) is 5.14. The van der Waals surface area contributed by atoms with Gasteiger partial charge in [-0.2, -0.15) is 0 Å². The molecule has 0 bridgehead atoms. The van der Waals surface area contributed by atoms with Gasteiger partial charge in [0.15, 0.2) is 11.9 Å². The molecule has 1 aromatic rings. The van der Waals surface area contributed by atoms with Crippen molar-refractivity contribution < 1.29 is 23.8 Å². The van der Waals surface area contributed by atoms with Crippen LogP contribution in [0.15, 0.2) is 24.3 Å². The molecule has 2 fully saturated rings. The van der Waals surface area contributed by atoms with Crippen LogP contribution in [0.2, 0.25) is 0 Å². The Bertz CT molecular complexity index is 510. The van der Waals surface area contributed by atoms with E-state index in [-0.39, 0.29) is 5.56 Å². The van der Waals surface area contributed by atoms with Gasteiger partial charge in [0.05, 0.1) is 0 Å². The summed E-state index contributed by atoms with van der Waals surface area (Å²) in [6, 6.07) is 6.11. The third-order valence-electron chi connectivity index (χ3n) is 4.03. The van der Waals surface area contributed by atoms with Crippen molar-refractivity contribution in [3.8, 4) is 0 Å². The average Bonchev–Trinajstić information content (AvgIpc) is 2.79. The molecule has 1 N–H and O–H groups in total. The Morgan fingerprint density at radius 2 is 1.90 bits per heavy atom. The van der Waals surface area contributed by atoms with Gasteiger partial charge in [-0.15, -0.1) is 0 Å². The molecule has 1 saturated heterocycles. The molecule has 0 aromatic heterocycles. The van der Waals surface area contributed by atoms with E-state index in [1.54, 1.807) is 18.2 Å². The first-order chi connectivity index (χ1) is 9.61. The van der Waals surface area contributed by atoms with Gasteiger partial charge in [-0.3, -0.25) is 0 Å².